The molecule has 0 aliphatic heterocycles. The molecule has 2 heteroatoms. The summed E-state index contributed by atoms with van der Waals surface area (Å²) in [6.45, 7) is 5.14. The van der Waals surface area contributed by atoms with E-state index in [9.17, 15) is 5.48 Å². The standard InChI is InChI=1S/C58H44N2/c1-58(2)53-25-12-9-23-49(53)50-34-33-47(38-54(50)58)60(57-27-14-10-22-48(57)43-19-7-4-8-20-43)46-31-28-42(29-32-46)45-30-35-56-52(37-45)51-24-11-13-26-55(51)59(56)39-40-16-15-21-44(36-40)41-17-5-3-6-18-41/h3-38H,39H2,1-2H3/i28D,29D,31D,32D. The van der Waals surface area contributed by atoms with Gasteiger partial charge >= 0.3 is 0 Å². The van der Waals surface area contributed by atoms with Crippen molar-refractivity contribution in [1.82, 2.24) is 4.57 Å². The molecule has 11 rings (SSSR count). The van der Waals surface area contributed by atoms with E-state index in [2.05, 4.69) is 152 Å². The molecule has 0 saturated carbocycles. The van der Waals surface area contributed by atoms with Gasteiger partial charge in [0.25, 0.3) is 0 Å². The Morgan fingerprint density at radius 2 is 1.07 bits per heavy atom. The first-order valence-corrected chi connectivity index (χ1v) is 20.6. The van der Waals surface area contributed by atoms with Gasteiger partial charge in [0, 0.05) is 50.7 Å². The molecule has 0 unspecified atom stereocenters. The number of benzene rings is 9. The van der Waals surface area contributed by atoms with Crippen LogP contribution in [0.25, 0.3) is 66.3 Å². The van der Waals surface area contributed by atoms with E-state index in [1.165, 1.54) is 27.8 Å². The van der Waals surface area contributed by atoms with E-state index >= 15 is 0 Å². The van der Waals surface area contributed by atoms with Gasteiger partial charge in [-0.2, -0.15) is 0 Å². The second-order valence-electron chi connectivity index (χ2n) is 16.2. The molecule has 60 heavy (non-hydrogen) atoms. The monoisotopic (exact) mass is 772 g/mol. The molecule has 2 nitrogen and oxygen atoms in total. The van der Waals surface area contributed by atoms with E-state index in [1.54, 1.807) is 0 Å². The maximum absolute atomic E-state index is 9.83. The number of aromatic nitrogens is 1. The molecule has 0 saturated heterocycles. The van der Waals surface area contributed by atoms with E-state index in [-0.39, 0.29) is 40.8 Å². The number of hydrogen-bond acceptors (Lipinski definition) is 1. The van der Waals surface area contributed by atoms with Crippen LogP contribution in [0.4, 0.5) is 17.1 Å². The van der Waals surface area contributed by atoms with Gasteiger partial charge in [-0.1, -0.05) is 178 Å². The van der Waals surface area contributed by atoms with Gasteiger partial charge in [-0.15, -0.1) is 0 Å². The Morgan fingerprint density at radius 3 is 1.88 bits per heavy atom. The van der Waals surface area contributed by atoms with Crippen molar-refractivity contribution < 1.29 is 5.48 Å². The van der Waals surface area contributed by atoms with Crippen LogP contribution in [0.5, 0.6) is 0 Å². The molecular formula is C58H44N2. The summed E-state index contributed by atoms with van der Waals surface area (Å²) >= 11 is 0. The van der Waals surface area contributed by atoms with Crippen molar-refractivity contribution in [1.29, 1.82) is 0 Å². The van der Waals surface area contributed by atoms with Gasteiger partial charge in [-0.25, -0.2) is 0 Å². The fraction of sp³-hybridized carbons (Fsp3) is 0.0690. The van der Waals surface area contributed by atoms with Crippen molar-refractivity contribution in [2.24, 2.45) is 0 Å². The quantitative estimate of drug-likeness (QED) is 0.149. The largest absolute Gasteiger partial charge is 0.336 e. The molecule has 1 aliphatic carbocycles. The summed E-state index contributed by atoms with van der Waals surface area (Å²) in [7, 11) is 0. The molecule has 0 radical (unpaired) electrons. The Hall–Kier alpha value is -7.42. The zero-order valence-corrected chi connectivity index (χ0v) is 33.6. The lowest BCUT2D eigenvalue weighted by Crippen LogP contribution is -2.16. The molecule has 286 valence electrons. The minimum atomic E-state index is -0.293. The number of rotatable bonds is 8. The molecule has 10 aromatic rings. The van der Waals surface area contributed by atoms with E-state index in [4.69, 9.17) is 0 Å². The fourth-order valence-electron chi connectivity index (χ4n) is 9.35. The first-order valence-electron chi connectivity index (χ1n) is 22.6. The first kappa shape index (κ1) is 31.6. The summed E-state index contributed by atoms with van der Waals surface area (Å²) in [6, 6.07) is 66.2. The van der Waals surface area contributed by atoms with Crippen LogP contribution in [0, 0.1) is 0 Å². The highest BCUT2D eigenvalue weighted by atomic mass is 15.1. The van der Waals surface area contributed by atoms with Crippen molar-refractivity contribution in [2.75, 3.05) is 4.90 Å². The summed E-state index contributed by atoms with van der Waals surface area (Å²) in [4.78, 5) is 1.94. The van der Waals surface area contributed by atoms with Crippen molar-refractivity contribution in [3.63, 3.8) is 0 Å². The highest BCUT2D eigenvalue weighted by Gasteiger charge is 2.36. The molecule has 1 aromatic heterocycles. The smallest absolute Gasteiger partial charge is 0.0645 e. The minimum absolute atomic E-state index is 0.0899. The van der Waals surface area contributed by atoms with Gasteiger partial charge in [0.15, 0.2) is 0 Å². The number of nitrogens with zero attached hydrogens (tertiary/aromatic N) is 2. The molecule has 1 heterocycles. The lowest BCUT2D eigenvalue weighted by Gasteiger charge is -2.30. The van der Waals surface area contributed by atoms with Crippen LogP contribution < -0.4 is 4.90 Å². The van der Waals surface area contributed by atoms with Gasteiger partial charge in [0.05, 0.1) is 11.2 Å². The summed E-state index contributed by atoms with van der Waals surface area (Å²) in [5.41, 5.74) is 14.7. The van der Waals surface area contributed by atoms with Crippen molar-refractivity contribution in [3.05, 3.63) is 235 Å². The third kappa shape index (κ3) is 6.03. The molecule has 1 aliphatic rings. The second kappa shape index (κ2) is 14.4. The lowest BCUT2D eigenvalue weighted by atomic mass is 9.82. The summed E-state index contributed by atoms with van der Waals surface area (Å²) in [5.74, 6) is 0. The van der Waals surface area contributed by atoms with E-state index in [0.29, 0.717) is 12.1 Å². The van der Waals surface area contributed by atoms with Crippen LogP contribution in [-0.2, 0) is 12.0 Å². The van der Waals surface area contributed by atoms with Crippen LogP contribution in [0.3, 0.4) is 0 Å². The topological polar surface area (TPSA) is 8.17 Å². The Kier molecular flexibility index (Phi) is 7.60. The Bertz CT molecular complexity index is 3410. The maximum atomic E-state index is 9.83. The predicted molar refractivity (Wildman–Crippen MR) is 254 cm³/mol. The normalized spacial score (nSPS) is 13.6. The SMILES string of the molecule is [2H]c1c([2H])c(N(c2ccc3c(c2)C(C)(C)c2ccccc2-3)c2ccccc2-c2ccccc2)c([2H])c([2H])c1-c1ccc2c(c1)c1ccccc1n2Cc1cccc(-c2ccccc2)c1. The average molecular weight is 773 g/mol. The van der Waals surface area contributed by atoms with Crippen LogP contribution in [0.15, 0.2) is 218 Å². The Balaban J connectivity index is 1.07. The number of hydrogen-bond donors (Lipinski definition) is 0. The van der Waals surface area contributed by atoms with Crippen molar-refractivity contribution in [3.8, 4) is 44.5 Å². The number of para-hydroxylation sites is 2. The predicted octanol–water partition coefficient (Wildman–Crippen LogP) is 15.6. The second-order valence-corrected chi connectivity index (χ2v) is 16.2. The summed E-state index contributed by atoms with van der Waals surface area (Å²) in [5, 5.41) is 2.06. The zero-order chi connectivity index (χ0) is 43.7. The van der Waals surface area contributed by atoms with Crippen molar-refractivity contribution >= 4 is 38.9 Å². The highest BCUT2D eigenvalue weighted by molar-refractivity contribution is 6.09. The molecule has 0 fully saturated rings. The zero-order valence-electron chi connectivity index (χ0n) is 37.6. The first-order chi connectivity index (χ1) is 31.2. The van der Waals surface area contributed by atoms with Gasteiger partial charge < -0.3 is 9.47 Å². The van der Waals surface area contributed by atoms with Gasteiger partial charge in [0.1, 0.15) is 0 Å². The Labute approximate surface area is 357 Å². The molecule has 9 aromatic carbocycles. The van der Waals surface area contributed by atoms with E-state index in [0.717, 1.165) is 55.4 Å². The van der Waals surface area contributed by atoms with Gasteiger partial charge in [-0.3, -0.25) is 0 Å². The van der Waals surface area contributed by atoms with Crippen molar-refractivity contribution in [2.45, 2.75) is 25.8 Å². The summed E-state index contributed by atoms with van der Waals surface area (Å²) in [6.07, 6.45) is 0. The Morgan fingerprint density at radius 1 is 0.433 bits per heavy atom. The van der Waals surface area contributed by atoms with Gasteiger partial charge in [-0.05, 0) is 110 Å². The molecular weight excluding hydrogens is 725 g/mol. The molecule has 0 spiro atoms. The lowest BCUT2D eigenvalue weighted by molar-refractivity contribution is 0.660. The van der Waals surface area contributed by atoms with E-state index < -0.39 is 0 Å². The number of fused-ring (bicyclic) bond motifs is 6. The van der Waals surface area contributed by atoms with Crippen LogP contribution in [-0.4, -0.2) is 4.57 Å². The van der Waals surface area contributed by atoms with E-state index in [1.807, 2.05) is 65.6 Å². The van der Waals surface area contributed by atoms with Gasteiger partial charge in [0.2, 0.25) is 0 Å². The third-order valence-electron chi connectivity index (χ3n) is 12.3. The molecule has 0 bridgehead atoms. The minimum Gasteiger partial charge on any atom is -0.336 e. The molecule has 0 amide bonds. The summed E-state index contributed by atoms with van der Waals surface area (Å²) < 4.78 is 41.4. The highest BCUT2D eigenvalue weighted by Crippen LogP contribution is 2.51. The molecule has 0 atom stereocenters. The van der Waals surface area contributed by atoms with Crippen LogP contribution in [0.1, 0.15) is 36.0 Å². The van der Waals surface area contributed by atoms with Crippen LogP contribution in [0.2, 0.25) is 0 Å². The molecule has 0 N–H and O–H groups in total. The maximum Gasteiger partial charge on any atom is 0.0645 e. The average Bonchev–Trinajstić information content (AvgIpc) is 3.77. The van der Waals surface area contributed by atoms with Crippen LogP contribution >= 0.6 is 0 Å². The fourth-order valence-corrected chi connectivity index (χ4v) is 9.35. The number of anilines is 3. The third-order valence-corrected chi connectivity index (χ3v) is 12.3.